The van der Waals surface area contributed by atoms with Crippen molar-refractivity contribution in [3.05, 3.63) is 11.6 Å². The predicted molar refractivity (Wildman–Crippen MR) is 167 cm³/mol. The molecule has 0 bridgehead atoms. The van der Waals surface area contributed by atoms with E-state index < -0.39 is 54.8 Å². The summed E-state index contributed by atoms with van der Waals surface area (Å²) < 4.78 is 12.2. The molecule has 0 spiro atoms. The molecule has 0 aromatic rings. The molecular formula is C36H58O9. The van der Waals surface area contributed by atoms with Gasteiger partial charge in [0.1, 0.15) is 29.8 Å². The van der Waals surface area contributed by atoms with Crippen molar-refractivity contribution in [2.45, 2.75) is 149 Å². The summed E-state index contributed by atoms with van der Waals surface area (Å²) in [5, 5.41) is 63.5. The SMILES string of the molecule is CC1(C)CC[C@]2(C(=O)O)C(O)C[C@]3(C)C(=CC[C@@H]4[C@@]5(C)CCC(OC6O[C@@H](CO)[C@H](O)[C@@H](O)[C@@H]6O)C(C)(C)C5CC[C@]43C)[C@H]2C1. The van der Waals surface area contributed by atoms with Crippen molar-refractivity contribution >= 4 is 5.97 Å². The molecule has 1 aliphatic heterocycles. The van der Waals surface area contributed by atoms with E-state index in [1.165, 1.54) is 5.57 Å². The highest BCUT2D eigenvalue weighted by atomic mass is 16.7. The van der Waals surface area contributed by atoms with Crippen molar-refractivity contribution < 1.29 is 44.9 Å². The topological polar surface area (TPSA) is 157 Å². The van der Waals surface area contributed by atoms with Gasteiger partial charge in [0.15, 0.2) is 6.29 Å². The lowest BCUT2D eigenvalue weighted by Gasteiger charge is -2.71. The van der Waals surface area contributed by atoms with Gasteiger partial charge in [-0.3, -0.25) is 4.79 Å². The van der Waals surface area contributed by atoms with Gasteiger partial charge in [-0.25, -0.2) is 0 Å². The first kappa shape index (κ1) is 33.8. The Morgan fingerprint density at radius 3 is 2.22 bits per heavy atom. The normalized spacial score (nSPS) is 53.6. The molecule has 6 aliphatic rings. The first-order valence-corrected chi connectivity index (χ1v) is 17.4. The molecule has 9 nitrogen and oxygen atoms in total. The van der Waals surface area contributed by atoms with Gasteiger partial charge in [-0.2, -0.15) is 0 Å². The van der Waals surface area contributed by atoms with Crippen LogP contribution in [0.2, 0.25) is 0 Å². The summed E-state index contributed by atoms with van der Waals surface area (Å²) in [4.78, 5) is 13.0. The maximum absolute atomic E-state index is 13.0. The zero-order valence-corrected chi connectivity index (χ0v) is 28.3. The smallest absolute Gasteiger partial charge is 0.312 e. The number of aliphatic hydroxyl groups excluding tert-OH is 5. The van der Waals surface area contributed by atoms with E-state index >= 15 is 0 Å². The van der Waals surface area contributed by atoms with Gasteiger partial charge in [0.05, 0.1) is 18.8 Å². The van der Waals surface area contributed by atoms with Crippen LogP contribution in [0, 0.1) is 50.2 Å². The van der Waals surface area contributed by atoms with Gasteiger partial charge >= 0.3 is 5.97 Å². The molecule has 0 aromatic carbocycles. The lowest BCUT2D eigenvalue weighted by atomic mass is 9.33. The highest BCUT2D eigenvalue weighted by Crippen LogP contribution is 2.76. The Hall–Kier alpha value is -1.07. The average molecular weight is 635 g/mol. The predicted octanol–water partition coefficient (Wildman–Crippen LogP) is 4.03. The maximum atomic E-state index is 13.0. The number of fused-ring (bicyclic) bond motifs is 7. The Labute approximate surface area is 268 Å². The molecule has 9 heteroatoms. The Morgan fingerprint density at radius 1 is 0.889 bits per heavy atom. The van der Waals surface area contributed by atoms with Crippen molar-refractivity contribution in [1.82, 2.24) is 0 Å². The van der Waals surface area contributed by atoms with Crippen LogP contribution in [0.3, 0.4) is 0 Å². The van der Waals surface area contributed by atoms with Gasteiger partial charge < -0.3 is 40.1 Å². The zero-order valence-electron chi connectivity index (χ0n) is 28.3. The second-order valence-electron chi connectivity index (χ2n) is 18.0. The van der Waals surface area contributed by atoms with Crippen molar-refractivity contribution in [2.24, 2.45) is 50.2 Å². The van der Waals surface area contributed by atoms with Crippen LogP contribution in [0.5, 0.6) is 0 Å². The lowest BCUT2D eigenvalue weighted by molar-refractivity contribution is -0.330. The standard InChI is InChI=1S/C36H58O9/c1-31(2)14-15-36(30(42)43)20(16-31)19-8-9-23-33(5)12-11-25(45-29-28(41)27(40)26(39)21(18-37)44-29)32(3,4)22(33)10-13-34(23,6)35(19,7)17-24(36)38/h8,20-29,37-41H,9-18H2,1-7H3,(H,42,43)/t20-,21+,22?,23-,24?,25?,26+,27-,28+,29?,33+,34-,35-,36-/m1/s1. The molecule has 1 heterocycles. The Morgan fingerprint density at radius 2 is 1.58 bits per heavy atom. The summed E-state index contributed by atoms with van der Waals surface area (Å²) in [7, 11) is 0. The van der Waals surface area contributed by atoms with E-state index in [9.17, 15) is 35.4 Å². The average Bonchev–Trinajstić information content (AvgIpc) is 2.94. The molecule has 6 N–H and O–H groups in total. The van der Waals surface area contributed by atoms with Crippen LogP contribution < -0.4 is 0 Å². The Kier molecular flexibility index (Phi) is 8.05. The summed E-state index contributed by atoms with van der Waals surface area (Å²) in [6.45, 7) is 15.6. The summed E-state index contributed by atoms with van der Waals surface area (Å²) in [5.74, 6) is -0.382. The Balaban J connectivity index is 1.31. The molecule has 0 amide bonds. The largest absolute Gasteiger partial charge is 0.481 e. The second kappa shape index (κ2) is 10.7. The van der Waals surface area contributed by atoms with E-state index in [1.54, 1.807) is 0 Å². The number of aliphatic carboxylic acids is 1. The fourth-order valence-corrected chi connectivity index (χ4v) is 12.3. The number of allylic oxidation sites excluding steroid dienone is 2. The third kappa shape index (κ3) is 4.54. The number of hydrogen-bond acceptors (Lipinski definition) is 8. The molecule has 0 aromatic heterocycles. The molecular weight excluding hydrogens is 576 g/mol. The molecule has 6 rings (SSSR count). The van der Waals surface area contributed by atoms with Crippen molar-refractivity contribution in [1.29, 1.82) is 0 Å². The van der Waals surface area contributed by atoms with Gasteiger partial charge in [0.25, 0.3) is 0 Å². The van der Waals surface area contributed by atoms with Crippen molar-refractivity contribution in [2.75, 3.05) is 6.61 Å². The lowest BCUT2D eigenvalue weighted by Crippen LogP contribution is -2.68. The molecule has 14 atom stereocenters. The fourth-order valence-electron chi connectivity index (χ4n) is 12.3. The minimum absolute atomic E-state index is 0.0210. The minimum atomic E-state index is -1.47. The highest BCUT2D eigenvalue weighted by Gasteiger charge is 2.71. The number of aliphatic hydroxyl groups is 5. The molecule has 5 aliphatic carbocycles. The van der Waals surface area contributed by atoms with E-state index in [-0.39, 0.29) is 39.1 Å². The Bertz CT molecular complexity index is 1210. The third-order valence-electron chi connectivity index (χ3n) is 15.2. The van der Waals surface area contributed by atoms with Gasteiger partial charge in [0, 0.05) is 0 Å². The van der Waals surface area contributed by atoms with Gasteiger partial charge in [-0.05, 0) is 103 Å². The quantitative estimate of drug-likeness (QED) is 0.199. The van der Waals surface area contributed by atoms with E-state index in [1.807, 2.05) is 0 Å². The third-order valence-corrected chi connectivity index (χ3v) is 15.2. The maximum Gasteiger partial charge on any atom is 0.312 e. The van der Waals surface area contributed by atoms with E-state index in [4.69, 9.17) is 9.47 Å². The highest BCUT2D eigenvalue weighted by molar-refractivity contribution is 5.77. The van der Waals surface area contributed by atoms with Crippen LogP contribution in [0.4, 0.5) is 0 Å². The summed E-state index contributed by atoms with van der Waals surface area (Å²) in [5.41, 5.74) is -0.571. The van der Waals surface area contributed by atoms with Crippen LogP contribution in [0.1, 0.15) is 106 Å². The van der Waals surface area contributed by atoms with E-state index in [0.29, 0.717) is 24.7 Å². The molecule has 45 heavy (non-hydrogen) atoms. The fraction of sp³-hybridized carbons (Fsp3) is 0.917. The molecule has 0 radical (unpaired) electrons. The monoisotopic (exact) mass is 634 g/mol. The van der Waals surface area contributed by atoms with Crippen LogP contribution in [0.25, 0.3) is 0 Å². The van der Waals surface area contributed by atoms with Crippen molar-refractivity contribution in [3.63, 3.8) is 0 Å². The minimum Gasteiger partial charge on any atom is -0.481 e. The first-order valence-electron chi connectivity index (χ1n) is 17.4. The van der Waals surface area contributed by atoms with Gasteiger partial charge in [0.2, 0.25) is 0 Å². The first-order chi connectivity index (χ1) is 20.8. The van der Waals surface area contributed by atoms with Crippen molar-refractivity contribution in [3.8, 4) is 0 Å². The summed E-state index contributed by atoms with van der Waals surface area (Å²) in [6, 6.07) is 0. The second-order valence-corrected chi connectivity index (χ2v) is 18.0. The van der Waals surface area contributed by atoms with Crippen LogP contribution in [0.15, 0.2) is 11.6 Å². The number of rotatable bonds is 4. The van der Waals surface area contributed by atoms with E-state index in [2.05, 4.69) is 54.5 Å². The molecule has 4 unspecified atom stereocenters. The molecule has 256 valence electrons. The number of carboxylic acid groups (broad SMARTS) is 1. The zero-order chi connectivity index (χ0) is 33.1. The summed E-state index contributed by atoms with van der Waals surface area (Å²) in [6.07, 6.45) is 1.79. The van der Waals surface area contributed by atoms with E-state index in [0.717, 1.165) is 44.9 Å². The molecule has 4 saturated carbocycles. The number of carboxylic acids is 1. The summed E-state index contributed by atoms with van der Waals surface area (Å²) >= 11 is 0. The van der Waals surface area contributed by atoms with Crippen LogP contribution in [-0.4, -0.2) is 86.1 Å². The number of carbonyl (C=O) groups is 1. The van der Waals surface area contributed by atoms with Gasteiger partial charge in [-0.1, -0.05) is 60.1 Å². The number of hydrogen-bond donors (Lipinski definition) is 6. The number of ether oxygens (including phenoxy) is 2. The van der Waals surface area contributed by atoms with Gasteiger partial charge in [-0.15, -0.1) is 0 Å². The molecule has 1 saturated heterocycles. The van der Waals surface area contributed by atoms with Crippen LogP contribution >= 0.6 is 0 Å². The molecule has 5 fully saturated rings. The van der Waals surface area contributed by atoms with Crippen LogP contribution in [-0.2, 0) is 14.3 Å².